The van der Waals surface area contributed by atoms with Crippen LogP contribution in [0.3, 0.4) is 0 Å². The van der Waals surface area contributed by atoms with Gasteiger partial charge in [-0.2, -0.15) is 5.26 Å². The number of rotatable bonds is 7. The van der Waals surface area contributed by atoms with Gasteiger partial charge in [0.15, 0.2) is 11.5 Å². The molecular weight excluding hydrogens is 400 g/mol. The lowest BCUT2D eigenvalue weighted by molar-refractivity contribution is -0.117. The molecular formula is C19H15BrN2O4. The van der Waals surface area contributed by atoms with Crippen LogP contribution in [0.15, 0.2) is 45.0 Å². The maximum atomic E-state index is 12.3. The Morgan fingerprint density at radius 2 is 2.31 bits per heavy atom. The second-order valence-corrected chi connectivity index (χ2v) is 5.87. The van der Waals surface area contributed by atoms with Crippen LogP contribution in [0.5, 0.6) is 11.5 Å². The van der Waals surface area contributed by atoms with E-state index in [1.54, 1.807) is 24.3 Å². The highest BCUT2D eigenvalue weighted by Crippen LogP contribution is 2.36. The van der Waals surface area contributed by atoms with E-state index < -0.39 is 5.91 Å². The molecule has 1 N–H and O–H groups in total. The summed E-state index contributed by atoms with van der Waals surface area (Å²) < 4.78 is 16.7. The Hall–Kier alpha value is -3.16. The van der Waals surface area contributed by atoms with Gasteiger partial charge in [-0.05, 0) is 30.3 Å². The molecule has 0 bridgehead atoms. The highest BCUT2D eigenvalue weighted by Gasteiger charge is 2.15. The smallest absolute Gasteiger partial charge is 0.262 e. The fourth-order valence-corrected chi connectivity index (χ4v) is 2.55. The number of terminal acetylenes is 1. The summed E-state index contributed by atoms with van der Waals surface area (Å²) in [5, 5.41) is 12.0. The van der Waals surface area contributed by atoms with Gasteiger partial charge in [-0.3, -0.25) is 4.79 Å². The molecule has 0 radical (unpaired) electrons. The fraction of sp³-hybridized carbons (Fsp3) is 0.158. The van der Waals surface area contributed by atoms with Gasteiger partial charge < -0.3 is 19.2 Å². The van der Waals surface area contributed by atoms with E-state index in [0.717, 1.165) is 0 Å². The van der Waals surface area contributed by atoms with E-state index in [4.69, 9.17) is 20.3 Å². The number of carbonyl (C=O) groups excluding carboxylic acids is 1. The van der Waals surface area contributed by atoms with Crippen LogP contribution in [0.25, 0.3) is 6.08 Å². The number of methoxy groups -OCH3 is 1. The van der Waals surface area contributed by atoms with E-state index in [1.165, 1.54) is 19.4 Å². The SMILES string of the molecule is C#CCOc1c(/C=C(\C#N)C(=O)NCc2ccco2)cc(Br)cc1OC. The van der Waals surface area contributed by atoms with Crippen molar-refractivity contribution in [1.29, 1.82) is 5.26 Å². The third-order valence-corrected chi connectivity index (χ3v) is 3.69. The van der Waals surface area contributed by atoms with Crippen LogP contribution in [0.2, 0.25) is 0 Å². The minimum atomic E-state index is -0.536. The molecule has 0 atom stereocenters. The molecule has 0 aliphatic carbocycles. The molecule has 132 valence electrons. The first kappa shape index (κ1) is 19.2. The van der Waals surface area contributed by atoms with Crippen LogP contribution in [0.4, 0.5) is 0 Å². The van der Waals surface area contributed by atoms with Gasteiger partial charge in [-0.15, -0.1) is 6.42 Å². The lowest BCUT2D eigenvalue weighted by Gasteiger charge is -2.13. The number of hydrogen-bond donors (Lipinski definition) is 1. The van der Waals surface area contributed by atoms with Gasteiger partial charge in [-0.25, -0.2) is 0 Å². The second kappa shape index (κ2) is 9.36. The highest BCUT2D eigenvalue weighted by atomic mass is 79.9. The van der Waals surface area contributed by atoms with Crippen LogP contribution in [0.1, 0.15) is 11.3 Å². The molecule has 0 saturated carbocycles. The van der Waals surface area contributed by atoms with E-state index in [0.29, 0.717) is 27.3 Å². The lowest BCUT2D eigenvalue weighted by atomic mass is 10.1. The normalized spacial score (nSPS) is 10.5. The first-order chi connectivity index (χ1) is 12.6. The molecule has 0 fully saturated rings. The summed E-state index contributed by atoms with van der Waals surface area (Å²) in [6, 6.07) is 8.72. The van der Waals surface area contributed by atoms with Crippen LogP contribution in [-0.2, 0) is 11.3 Å². The van der Waals surface area contributed by atoms with Crippen molar-refractivity contribution in [3.63, 3.8) is 0 Å². The summed E-state index contributed by atoms with van der Waals surface area (Å²) in [6.07, 6.45) is 8.16. The van der Waals surface area contributed by atoms with Crippen molar-refractivity contribution in [1.82, 2.24) is 5.32 Å². The minimum absolute atomic E-state index is 0.0193. The summed E-state index contributed by atoms with van der Waals surface area (Å²) in [4.78, 5) is 12.3. The molecule has 0 aliphatic rings. The number of carbonyl (C=O) groups is 1. The number of furan rings is 1. The lowest BCUT2D eigenvalue weighted by Crippen LogP contribution is -2.23. The number of ether oxygens (including phenoxy) is 2. The van der Waals surface area contributed by atoms with Crippen molar-refractivity contribution in [3.8, 4) is 29.9 Å². The van der Waals surface area contributed by atoms with E-state index in [2.05, 4.69) is 27.2 Å². The molecule has 7 heteroatoms. The predicted octanol–water partition coefficient (Wildman–Crippen LogP) is 3.29. The molecule has 0 unspecified atom stereocenters. The van der Waals surface area contributed by atoms with Gasteiger partial charge in [0, 0.05) is 10.0 Å². The average Bonchev–Trinajstić information content (AvgIpc) is 3.16. The first-order valence-corrected chi connectivity index (χ1v) is 8.24. The van der Waals surface area contributed by atoms with Crippen molar-refractivity contribution in [2.75, 3.05) is 13.7 Å². The Bertz CT molecular complexity index is 889. The van der Waals surface area contributed by atoms with Crippen LogP contribution in [-0.4, -0.2) is 19.6 Å². The van der Waals surface area contributed by atoms with E-state index in [1.807, 2.05) is 6.07 Å². The van der Waals surface area contributed by atoms with Gasteiger partial charge in [0.25, 0.3) is 5.91 Å². The largest absolute Gasteiger partial charge is 0.493 e. The summed E-state index contributed by atoms with van der Waals surface area (Å²) in [6.45, 7) is 0.193. The Kier molecular flexibility index (Phi) is 6.90. The molecule has 0 saturated heterocycles. The predicted molar refractivity (Wildman–Crippen MR) is 99.2 cm³/mol. The Morgan fingerprint density at radius 3 is 2.92 bits per heavy atom. The summed E-state index contributed by atoms with van der Waals surface area (Å²) in [7, 11) is 1.49. The zero-order chi connectivity index (χ0) is 18.9. The zero-order valence-corrected chi connectivity index (χ0v) is 15.5. The maximum Gasteiger partial charge on any atom is 0.262 e. The number of nitriles is 1. The molecule has 1 aromatic heterocycles. The molecule has 0 aliphatic heterocycles. The van der Waals surface area contributed by atoms with Crippen molar-refractivity contribution in [3.05, 3.63) is 51.9 Å². The van der Waals surface area contributed by atoms with Crippen LogP contribution in [0, 0.1) is 23.7 Å². The van der Waals surface area contributed by atoms with Gasteiger partial charge in [0.05, 0.1) is 19.9 Å². The first-order valence-electron chi connectivity index (χ1n) is 7.45. The quantitative estimate of drug-likeness (QED) is 0.426. The molecule has 0 spiro atoms. The third kappa shape index (κ3) is 4.92. The second-order valence-electron chi connectivity index (χ2n) is 4.95. The monoisotopic (exact) mass is 414 g/mol. The fourth-order valence-electron chi connectivity index (χ4n) is 2.10. The van der Waals surface area contributed by atoms with Gasteiger partial charge in [0.2, 0.25) is 0 Å². The molecule has 2 aromatic rings. The number of nitrogens with one attached hydrogen (secondary N) is 1. The zero-order valence-electron chi connectivity index (χ0n) is 13.9. The van der Waals surface area contributed by atoms with Gasteiger partial charge in [-0.1, -0.05) is 21.9 Å². The Labute approximate surface area is 159 Å². The maximum absolute atomic E-state index is 12.3. The van der Waals surface area contributed by atoms with E-state index in [9.17, 15) is 10.1 Å². The summed E-state index contributed by atoms with van der Waals surface area (Å²) in [5.41, 5.74) is 0.387. The minimum Gasteiger partial charge on any atom is -0.493 e. The van der Waals surface area contributed by atoms with Crippen LogP contribution < -0.4 is 14.8 Å². The van der Waals surface area contributed by atoms with E-state index in [-0.39, 0.29) is 18.7 Å². The number of benzene rings is 1. The highest BCUT2D eigenvalue weighted by molar-refractivity contribution is 9.10. The van der Waals surface area contributed by atoms with Crippen molar-refractivity contribution in [2.24, 2.45) is 0 Å². The average molecular weight is 415 g/mol. The molecule has 2 rings (SSSR count). The molecule has 1 aromatic carbocycles. The number of nitrogens with zero attached hydrogens (tertiary/aromatic N) is 1. The molecule has 6 nitrogen and oxygen atoms in total. The molecule has 1 heterocycles. The Morgan fingerprint density at radius 1 is 1.50 bits per heavy atom. The van der Waals surface area contributed by atoms with Gasteiger partial charge >= 0.3 is 0 Å². The van der Waals surface area contributed by atoms with Crippen molar-refractivity contribution < 1.29 is 18.7 Å². The molecule has 26 heavy (non-hydrogen) atoms. The molecule has 1 amide bonds. The number of halogens is 1. The summed E-state index contributed by atoms with van der Waals surface area (Å²) in [5.74, 6) is 3.19. The van der Waals surface area contributed by atoms with Crippen molar-refractivity contribution >= 4 is 27.9 Å². The van der Waals surface area contributed by atoms with Crippen LogP contribution >= 0.6 is 15.9 Å². The van der Waals surface area contributed by atoms with E-state index >= 15 is 0 Å². The van der Waals surface area contributed by atoms with Gasteiger partial charge in [0.1, 0.15) is 24.0 Å². The summed E-state index contributed by atoms with van der Waals surface area (Å²) >= 11 is 3.36. The number of amides is 1. The third-order valence-electron chi connectivity index (χ3n) is 3.24. The Balaban J connectivity index is 2.31. The number of hydrogen-bond acceptors (Lipinski definition) is 5. The topological polar surface area (TPSA) is 84.5 Å². The van der Waals surface area contributed by atoms with Crippen molar-refractivity contribution in [2.45, 2.75) is 6.54 Å². The standard InChI is InChI=1S/C19H15BrN2O4/c1-3-6-26-18-13(9-15(20)10-17(18)24-2)8-14(11-21)19(23)22-12-16-5-4-7-25-16/h1,4-5,7-10H,6,12H2,2H3,(H,22,23)/b14-8+.